The van der Waals surface area contributed by atoms with Crippen molar-refractivity contribution in [1.29, 1.82) is 5.26 Å². The van der Waals surface area contributed by atoms with E-state index in [4.69, 9.17) is 14.2 Å². The molecule has 0 unspecified atom stereocenters. The molecule has 2 aliphatic heterocycles. The van der Waals surface area contributed by atoms with Crippen LogP contribution in [0.4, 0.5) is 5.69 Å². The van der Waals surface area contributed by atoms with Gasteiger partial charge in [0.15, 0.2) is 11.5 Å². The Kier molecular flexibility index (Phi) is 6.70. The summed E-state index contributed by atoms with van der Waals surface area (Å²) in [5.74, 6) is 1.85. The van der Waals surface area contributed by atoms with E-state index in [9.17, 15) is 10.1 Å². The van der Waals surface area contributed by atoms with E-state index in [1.54, 1.807) is 38.4 Å². The summed E-state index contributed by atoms with van der Waals surface area (Å²) >= 11 is 1.52. The van der Waals surface area contributed by atoms with Crippen LogP contribution in [-0.2, 0) is 11.2 Å². The molecule has 1 saturated heterocycles. The number of rotatable bonds is 6. The molecule has 2 aromatic rings. The first kappa shape index (κ1) is 22.9. The molecule has 0 saturated carbocycles. The third-order valence-electron chi connectivity index (χ3n) is 6.11. The van der Waals surface area contributed by atoms with E-state index >= 15 is 0 Å². The summed E-state index contributed by atoms with van der Waals surface area (Å²) in [5.41, 5.74) is 3.65. The predicted octanol–water partition coefficient (Wildman–Crippen LogP) is 4.49. The number of ether oxygens (including phenoxy) is 3. The van der Waals surface area contributed by atoms with Crippen LogP contribution < -0.4 is 19.1 Å². The number of allylic oxidation sites excluding steroid dienone is 1. The van der Waals surface area contributed by atoms with Crippen LogP contribution in [0.1, 0.15) is 30.4 Å². The minimum absolute atomic E-state index is 0.0202. The van der Waals surface area contributed by atoms with E-state index in [1.807, 2.05) is 0 Å². The van der Waals surface area contributed by atoms with E-state index in [2.05, 4.69) is 42.2 Å². The normalized spacial score (nSPS) is 18.0. The fourth-order valence-electron chi connectivity index (χ4n) is 4.26. The van der Waals surface area contributed by atoms with Crippen molar-refractivity contribution in [3.05, 3.63) is 58.1 Å². The van der Waals surface area contributed by atoms with Gasteiger partial charge in [-0.2, -0.15) is 5.26 Å². The number of nitriles is 1. The Morgan fingerprint density at radius 3 is 2.33 bits per heavy atom. The van der Waals surface area contributed by atoms with Crippen LogP contribution >= 0.6 is 11.8 Å². The molecule has 7 nitrogen and oxygen atoms in total. The first-order valence-electron chi connectivity index (χ1n) is 10.8. The molecule has 1 atom stereocenters. The smallest absolute Gasteiger partial charge is 0.229 e. The summed E-state index contributed by atoms with van der Waals surface area (Å²) in [6, 6.07) is 14.3. The van der Waals surface area contributed by atoms with Crippen molar-refractivity contribution in [2.24, 2.45) is 0 Å². The molecule has 2 aliphatic rings. The third-order valence-corrected chi connectivity index (χ3v) is 7.27. The number of thioether (sulfide) groups is 1. The van der Waals surface area contributed by atoms with Crippen molar-refractivity contribution in [2.75, 3.05) is 38.8 Å². The van der Waals surface area contributed by atoms with E-state index < -0.39 is 5.92 Å². The maximum Gasteiger partial charge on any atom is 0.229 e. The van der Waals surface area contributed by atoms with Gasteiger partial charge in [-0.1, -0.05) is 30.8 Å². The van der Waals surface area contributed by atoms with Crippen molar-refractivity contribution in [1.82, 2.24) is 4.90 Å². The summed E-state index contributed by atoms with van der Waals surface area (Å²) in [4.78, 5) is 17.2. The summed E-state index contributed by atoms with van der Waals surface area (Å²) < 4.78 is 16.4. The van der Waals surface area contributed by atoms with E-state index in [0.717, 1.165) is 22.7 Å². The lowest BCUT2D eigenvalue weighted by molar-refractivity contribution is -0.129. The Morgan fingerprint density at radius 2 is 1.73 bits per heavy atom. The van der Waals surface area contributed by atoms with Crippen LogP contribution in [0.15, 0.2) is 47.0 Å². The standard InChI is InChI=1S/C25H27N3O4S/c1-5-16-6-8-17(9-7-16)27-14-28-24(29)11-18(20(13-26)25(28)33-15-27)19-10-22(31-3)23(32-4)12-21(19)30-2/h6-10,12,18H,5,11,14-15H2,1-4H3/t18-/m0/s1. The van der Waals surface area contributed by atoms with Crippen LogP contribution in [0.2, 0.25) is 0 Å². The quantitative estimate of drug-likeness (QED) is 0.622. The highest BCUT2D eigenvalue weighted by atomic mass is 32.2. The Bertz CT molecular complexity index is 1120. The van der Waals surface area contributed by atoms with E-state index in [1.165, 1.54) is 17.3 Å². The number of carbonyl (C=O) groups is 1. The van der Waals surface area contributed by atoms with Gasteiger partial charge in [0.1, 0.15) is 5.75 Å². The molecule has 0 N–H and O–H groups in total. The molecular formula is C25H27N3O4S. The number of hydrogen-bond acceptors (Lipinski definition) is 7. The molecular weight excluding hydrogens is 438 g/mol. The number of methoxy groups -OCH3 is 3. The Labute approximate surface area is 198 Å². The summed E-state index contributed by atoms with van der Waals surface area (Å²) in [7, 11) is 4.68. The number of anilines is 1. The molecule has 0 aliphatic carbocycles. The minimum Gasteiger partial charge on any atom is -0.496 e. The van der Waals surface area contributed by atoms with Crippen LogP contribution in [0.25, 0.3) is 0 Å². The zero-order valence-corrected chi connectivity index (χ0v) is 20.1. The summed E-state index contributed by atoms with van der Waals surface area (Å²) in [5, 5.41) is 10.8. The summed E-state index contributed by atoms with van der Waals surface area (Å²) in [6.45, 7) is 2.55. The van der Waals surface area contributed by atoms with Gasteiger partial charge in [-0.15, -0.1) is 0 Å². The molecule has 1 amide bonds. The van der Waals surface area contributed by atoms with Gasteiger partial charge in [-0.3, -0.25) is 9.69 Å². The van der Waals surface area contributed by atoms with Crippen LogP contribution in [0.3, 0.4) is 0 Å². The molecule has 33 heavy (non-hydrogen) atoms. The third kappa shape index (κ3) is 4.21. The molecule has 0 spiro atoms. The summed E-state index contributed by atoms with van der Waals surface area (Å²) in [6.07, 6.45) is 1.17. The number of amides is 1. The van der Waals surface area contributed by atoms with Gasteiger partial charge in [0.2, 0.25) is 5.91 Å². The second kappa shape index (κ2) is 9.67. The number of benzene rings is 2. The lowest BCUT2D eigenvalue weighted by atomic mass is 9.85. The predicted molar refractivity (Wildman–Crippen MR) is 129 cm³/mol. The van der Waals surface area contributed by atoms with Gasteiger partial charge >= 0.3 is 0 Å². The van der Waals surface area contributed by atoms with Gasteiger partial charge in [-0.25, -0.2) is 0 Å². The highest BCUT2D eigenvalue weighted by Crippen LogP contribution is 2.47. The highest BCUT2D eigenvalue weighted by Gasteiger charge is 2.39. The molecule has 0 bridgehead atoms. The molecule has 8 heteroatoms. The van der Waals surface area contributed by atoms with Crippen LogP contribution in [-0.4, -0.2) is 44.7 Å². The number of aryl methyl sites for hydroxylation is 1. The minimum atomic E-state index is -0.411. The topological polar surface area (TPSA) is 75.0 Å². The maximum atomic E-state index is 13.3. The van der Waals surface area contributed by atoms with Gasteiger partial charge in [0, 0.05) is 29.7 Å². The second-order valence-corrected chi connectivity index (χ2v) is 8.77. The van der Waals surface area contributed by atoms with Gasteiger partial charge in [0.05, 0.1) is 50.5 Å². The van der Waals surface area contributed by atoms with Crippen molar-refractivity contribution < 1.29 is 19.0 Å². The zero-order valence-electron chi connectivity index (χ0n) is 19.3. The second-order valence-electron chi connectivity index (χ2n) is 7.83. The zero-order chi connectivity index (χ0) is 23.5. The fourth-order valence-corrected chi connectivity index (χ4v) is 5.43. The SMILES string of the molecule is CCc1ccc(N2CSC3=C(C#N)[C@H](c4cc(OC)c(OC)cc4OC)CC(=O)N3C2)cc1. The Hall–Kier alpha value is -3.31. The molecule has 2 aromatic carbocycles. The number of hydrogen-bond donors (Lipinski definition) is 0. The van der Waals surface area contributed by atoms with Crippen LogP contribution in [0.5, 0.6) is 17.2 Å². The molecule has 0 aromatic heterocycles. The van der Waals surface area contributed by atoms with Gasteiger partial charge in [0.25, 0.3) is 0 Å². The highest BCUT2D eigenvalue weighted by molar-refractivity contribution is 8.03. The monoisotopic (exact) mass is 465 g/mol. The average molecular weight is 466 g/mol. The van der Waals surface area contributed by atoms with Gasteiger partial charge < -0.3 is 19.1 Å². The molecule has 2 heterocycles. The Morgan fingerprint density at radius 1 is 1.06 bits per heavy atom. The lowest BCUT2D eigenvalue weighted by Gasteiger charge is -2.42. The maximum absolute atomic E-state index is 13.3. The van der Waals surface area contributed by atoms with Crippen molar-refractivity contribution >= 4 is 23.4 Å². The van der Waals surface area contributed by atoms with E-state index in [0.29, 0.717) is 35.4 Å². The first-order chi connectivity index (χ1) is 16.0. The number of fused-ring (bicyclic) bond motifs is 1. The number of carbonyl (C=O) groups excluding carboxylic acids is 1. The fraction of sp³-hybridized carbons (Fsp3) is 0.360. The first-order valence-corrected chi connectivity index (χ1v) is 11.7. The van der Waals surface area contributed by atoms with Crippen molar-refractivity contribution in [3.63, 3.8) is 0 Å². The molecule has 0 radical (unpaired) electrons. The van der Waals surface area contributed by atoms with Crippen LogP contribution in [0, 0.1) is 11.3 Å². The Balaban J connectivity index is 1.69. The lowest BCUT2D eigenvalue weighted by Crippen LogP contribution is -2.47. The largest absolute Gasteiger partial charge is 0.496 e. The molecule has 1 fully saturated rings. The van der Waals surface area contributed by atoms with Gasteiger partial charge in [-0.05, 0) is 30.2 Å². The molecule has 172 valence electrons. The van der Waals surface area contributed by atoms with Crippen molar-refractivity contribution in [2.45, 2.75) is 25.7 Å². The van der Waals surface area contributed by atoms with E-state index in [-0.39, 0.29) is 12.3 Å². The average Bonchev–Trinajstić information content (AvgIpc) is 2.87. The molecule has 4 rings (SSSR count). The number of nitrogens with zero attached hydrogens (tertiary/aromatic N) is 3. The van der Waals surface area contributed by atoms with Crippen molar-refractivity contribution in [3.8, 4) is 23.3 Å².